The highest BCUT2D eigenvalue weighted by Gasteiger charge is 2.21. The van der Waals surface area contributed by atoms with Crippen molar-refractivity contribution in [2.45, 2.75) is 0 Å². The van der Waals surface area contributed by atoms with Crippen LogP contribution >= 0.6 is 0 Å². The first-order chi connectivity index (χ1) is 8.41. The number of carboxylic acid groups (broad SMARTS) is 1. The maximum Gasteiger partial charge on any atom is 0.323 e. The molecule has 0 fully saturated rings. The molecule has 0 atom stereocenters. The van der Waals surface area contributed by atoms with Gasteiger partial charge in [-0.25, -0.2) is 4.98 Å². The number of carbonyl (C=O) groups is 2. The van der Waals surface area contributed by atoms with Gasteiger partial charge in [0.25, 0.3) is 5.91 Å². The second kappa shape index (κ2) is 6.15. The van der Waals surface area contributed by atoms with Crippen LogP contribution in [0.25, 0.3) is 0 Å². The number of aliphatic carboxylic acids is 1. The van der Waals surface area contributed by atoms with Gasteiger partial charge < -0.3 is 19.5 Å². The number of likely N-dealkylation sites (N-methyl/N-ethyl adjacent to an activating group) is 1. The molecule has 0 spiro atoms. The Morgan fingerprint density at radius 2 is 2.06 bits per heavy atom. The van der Waals surface area contributed by atoms with Crippen LogP contribution in [0.4, 0.5) is 0 Å². The van der Waals surface area contributed by atoms with Gasteiger partial charge in [0.05, 0.1) is 0 Å². The zero-order valence-corrected chi connectivity index (χ0v) is 10.8. The Bertz CT molecular complexity index is 428. The minimum absolute atomic E-state index is 0.245. The Labute approximate surface area is 106 Å². The summed E-state index contributed by atoms with van der Waals surface area (Å²) in [6.45, 7) is 0.633. The van der Waals surface area contributed by atoms with Crippen LogP contribution in [0.2, 0.25) is 0 Å². The Kier molecular flexibility index (Phi) is 4.85. The van der Waals surface area contributed by atoms with Crippen LogP contribution in [-0.2, 0) is 11.8 Å². The third kappa shape index (κ3) is 3.85. The molecule has 7 nitrogen and oxygen atoms in total. The van der Waals surface area contributed by atoms with Crippen molar-refractivity contribution >= 4 is 11.9 Å². The molecule has 1 rings (SSSR count). The van der Waals surface area contributed by atoms with E-state index in [2.05, 4.69) is 4.98 Å². The van der Waals surface area contributed by atoms with E-state index in [1.165, 1.54) is 11.1 Å². The molecule has 0 aromatic carbocycles. The van der Waals surface area contributed by atoms with Crippen molar-refractivity contribution in [2.24, 2.45) is 7.05 Å². The Morgan fingerprint density at radius 1 is 1.39 bits per heavy atom. The zero-order chi connectivity index (χ0) is 13.7. The molecule has 7 heteroatoms. The van der Waals surface area contributed by atoms with Crippen molar-refractivity contribution in [2.75, 3.05) is 33.7 Å². The average Bonchev–Trinajstić information content (AvgIpc) is 2.69. The van der Waals surface area contributed by atoms with Crippen molar-refractivity contribution in [3.63, 3.8) is 0 Å². The second-order valence-corrected chi connectivity index (χ2v) is 4.29. The first-order valence-corrected chi connectivity index (χ1v) is 5.55. The van der Waals surface area contributed by atoms with Crippen LogP contribution in [0.15, 0.2) is 12.4 Å². The van der Waals surface area contributed by atoms with E-state index in [9.17, 15) is 9.59 Å². The summed E-state index contributed by atoms with van der Waals surface area (Å²) in [5.41, 5.74) is 0. The predicted molar refractivity (Wildman–Crippen MR) is 65.3 cm³/mol. The molecule has 0 saturated heterocycles. The molecule has 0 saturated carbocycles. The average molecular weight is 254 g/mol. The lowest BCUT2D eigenvalue weighted by Gasteiger charge is -2.22. The summed E-state index contributed by atoms with van der Waals surface area (Å²) in [5.74, 6) is -1.15. The van der Waals surface area contributed by atoms with Crippen molar-refractivity contribution in [1.29, 1.82) is 0 Å². The zero-order valence-electron chi connectivity index (χ0n) is 10.8. The second-order valence-electron chi connectivity index (χ2n) is 4.29. The van der Waals surface area contributed by atoms with Crippen LogP contribution < -0.4 is 0 Å². The number of amides is 1. The molecule has 0 radical (unpaired) electrons. The minimum atomic E-state index is -1.03. The van der Waals surface area contributed by atoms with Crippen molar-refractivity contribution in [3.05, 3.63) is 18.2 Å². The topological polar surface area (TPSA) is 78.7 Å². The third-order valence-electron chi connectivity index (χ3n) is 2.44. The highest BCUT2D eigenvalue weighted by molar-refractivity contribution is 5.92. The highest BCUT2D eigenvalue weighted by atomic mass is 16.4. The highest BCUT2D eigenvalue weighted by Crippen LogP contribution is 2.02. The number of aromatic nitrogens is 2. The van der Waals surface area contributed by atoms with E-state index in [-0.39, 0.29) is 18.3 Å². The van der Waals surface area contributed by atoms with Gasteiger partial charge in [0.15, 0.2) is 5.82 Å². The fourth-order valence-electron chi connectivity index (χ4n) is 1.45. The summed E-state index contributed by atoms with van der Waals surface area (Å²) in [6, 6.07) is 0. The van der Waals surface area contributed by atoms with Crippen LogP contribution in [-0.4, -0.2) is 70.1 Å². The number of aryl methyl sites for hydroxylation is 1. The normalized spacial score (nSPS) is 10.7. The summed E-state index contributed by atoms with van der Waals surface area (Å²) in [7, 11) is 5.43. The SMILES string of the molecule is CN(C)CCN(CC(=O)O)C(=O)c1nccn1C. The van der Waals surface area contributed by atoms with E-state index in [1.807, 2.05) is 19.0 Å². The fourth-order valence-corrected chi connectivity index (χ4v) is 1.45. The molecule has 0 aliphatic carbocycles. The summed E-state index contributed by atoms with van der Waals surface area (Å²) in [5, 5.41) is 8.83. The van der Waals surface area contributed by atoms with E-state index in [1.54, 1.807) is 17.8 Å². The summed E-state index contributed by atoms with van der Waals surface area (Å²) in [6.07, 6.45) is 3.16. The van der Waals surface area contributed by atoms with Crippen LogP contribution in [0, 0.1) is 0 Å². The molecule has 100 valence electrons. The minimum Gasteiger partial charge on any atom is -0.480 e. The van der Waals surface area contributed by atoms with Gasteiger partial charge in [0, 0.05) is 32.5 Å². The van der Waals surface area contributed by atoms with E-state index in [0.29, 0.717) is 13.1 Å². The Balaban J connectivity index is 2.79. The molecule has 1 heterocycles. The number of hydrogen-bond donors (Lipinski definition) is 1. The number of carboxylic acids is 1. The largest absolute Gasteiger partial charge is 0.480 e. The first kappa shape index (κ1) is 14.2. The van der Waals surface area contributed by atoms with Gasteiger partial charge >= 0.3 is 5.97 Å². The lowest BCUT2D eigenvalue weighted by Crippen LogP contribution is -2.41. The van der Waals surface area contributed by atoms with Crippen LogP contribution in [0.5, 0.6) is 0 Å². The molecule has 0 bridgehead atoms. The molecule has 1 amide bonds. The quantitative estimate of drug-likeness (QED) is 0.741. The van der Waals surface area contributed by atoms with E-state index >= 15 is 0 Å². The van der Waals surface area contributed by atoms with Gasteiger partial charge in [-0.1, -0.05) is 0 Å². The molecule has 1 aromatic rings. The van der Waals surface area contributed by atoms with Crippen molar-refractivity contribution in [3.8, 4) is 0 Å². The van der Waals surface area contributed by atoms with Gasteiger partial charge in [-0.2, -0.15) is 0 Å². The monoisotopic (exact) mass is 254 g/mol. The van der Waals surface area contributed by atoms with Gasteiger partial charge in [-0.05, 0) is 14.1 Å². The summed E-state index contributed by atoms with van der Waals surface area (Å²) < 4.78 is 1.58. The van der Waals surface area contributed by atoms with Crippen molar-refractivity contribution < 1.29 is 14.7 Å². The molecule has 18 heavy (non-hydrogen) atoms. The lowest BCUT2D eigenvalue weighted by atomic mass is 10.4. The molecular formula is C11H18N4O3. The molecule has 0 aliphatic rings. The van der Waals surface area contributed by atoms with Gasteiger partial charge in [0.2, 0.25) is 0 Å². The summed E-state index contributed by atoms with van der Waals surface area (Å²) in [4.78, 5) is 30.0. The maximum absolute atomic E-state index is 12.1. The van der Waals surface area contributed by atoms with E-state index in [4.69, 9.17) is 5.11 Å². The smallest absolute Gasteiger partial charge is 0.323 e. The number of hydrogen-bond acceptors (Lipinski definition) is 4. The third-order valence-corrected chi connectivity index (χ3v) is 2.44. The van der Waals surface area contributed by atoms with E-state index in [0.717, 1.165) is 0 Å². The predicted octanol–water partition coefficient (Wildman–Crippen LogP) is -0.491. The molecule has 1 N–H and O–H groups in total. The Morgan fingerprint density at radius 3 is 2.50 bits per heavy atom. The van der Waals surface area contributed by atoms with Gasteiger partial charge in [-0.15, -0.1) is 0 Å². The number of nitrogens with zero attached hydrogens (tertiary/aromatic N) is 4. The van der Waals surface area contributed by atoms with Gasteiger partial charge in [-0.3, -0.25) is 9.59 Å². The standard InChI is InChI=1S/C11H18N4O3/c1-13(2)6-7-15(8-9(16)17)11(18)10-12-4-5-14(10)3/h4-5H,6-8H2,1-3H3,(H,16,17). The number of rotatable bonds is 6. The first-order valence-electron chi connectivity index (χ1n) is 5.55. The summed E-state index contributed by atoms with van der Waals surface area (Å²) >= 11 is 0. The molecule has 0 unspecified atom stereocenters. The Hall–Kier alpha value is -1.89. The maximum atomic E-state index is 12.1. The molecule has 1 aromatic heterocycles. The van der Waals surface area contributed by atoms with Gasteiger partial charge in [0.1, 0.15) is 6.54 Å². The van der Waals surface area contributed by atoms with E-state index < -0.39 is 5.97 Å². The van der Waals surface area contributed by atoms with Crippen LogP contribution in [0.3, 0.4) is 0 Å². The number of imidazole rings is 1. The molecular weight excluding hydrogens is 236 g/mol. The van der Waals surface area contributed by atoms with Crippen molar-refractivity contribution in [1.82, 2.24) is 19.4 Å². The van der Waals surface area contributed by atoms with Crippen LogP contribution in [0.1, 0.15) is 10.6 Å². The fraction of sp³-hybridized carbons (Fsp3) is 0.545. The number of carbonyl (C=O) groups excluding carboxylic acids is 1. The molecule has 0 aliphatic heterocycles. The lowest BCUT2D eigenvalue weighted by molar-refractivity contribution is -0.137.